The fraction of sp³-hybridized carbons (Fsp3) is 0.474. The molecule has 23 heavy (non-hydrogen) atoms. The zero-order chi connectivity index (χ0) is 16.6. The van der Waals surface area contributed by atoms with Gasteiger partial charge in [-0.15, -0.1) is 0 Å². The molecule has 0 fully saturated rings. The Hall–Kier alpha value is -1.55. The summed E-state index contributed by atoms with van der Waals surface area (Å²) in [5.74, 6) is 0.157. The van der Waals surface area contributed by atoms with E-state index in [9.17, 15) is 13.2 Å². The minimum Gasteiger partial charge on any atom is -0.308 e. The molecule has 1 heterocycles. The van der Waals surface area contributed by atoms with E-state index in [1.165, 1.54) is 13.0 Å². The van der Waals surface area contributed by atoms with Crippen LogP contribution in [-0.4, -0.2) is 6.11 Å². The zero-order valence-corrected chi connectivity index (χ0v) is 13.4. The maximum Gasteiger partial charge on any atom is 0.379 e. The number of ether oxygens (including phenoxy) is 1. The summed E-state index contributed by atoms with van der Waals surface area (Å²) in [5, 5.41) is 0. The van der Waals surface area contributed by atoms with Crippen LogP contribution < -0.4 is 0 Å². The minimum absolute atomic E-state index is 0.0128. The monoisotopic (exact) mass is 322 g/mol. The van der Waals surface area contributed by atoms with E-state index in [2.05, 4.69) is 0 Å². The van der Waals surface area contributed by atoms with E-state index in [-0.39, 0.29) is 17.3 Å². The molecule has 0 spiro atoms. The molecule has 124 valence electrons. The van der Waals surface area contributed by atoms with Crippen LogP contribution in [0.1, 0.15) is 62.7 Å². The van der Waals surface area contributed by atoms with Crippen molar-refractivity contribution in [2.24, 2.45) is 0 Å². The van der Waals surface area contributed by atoms with Crippen molar-refractivity contribution < 1.29 is 17.9 Å². The van der Waals surface area contributed by atoms with E-state index in [0.29, 0.717) is 12.8 Å². The molecule has 0 amide bonds. The third-order valence-corrected chi connectivity index (χ3v) is 4.92. The number of halogens is 3. The molecule has 3 rings (SSSR count). The van der Waals surface area contributed by atoms with Gasteiger partial charge in [0.25, 0.3) is 0 Å². The molecule has 0 bridgehead atoms. The number of hydrogen-bond acceptors (Lipinski definition) is 1. The third-order valence-electron chi connectivity index (χ3n) is 4.92. The topological polar surface area (TPSA) is 9.23 Å². The second kappa shape index (κ2) is 6.16. The van der Waals surface area contributed by atoms with Crippen LogP contribution in [0, 0.1) is 0 Å². The van der Waals surface area contributed by atoms with Crippen LogP contribution in [0.3, 0.4) is 0 Å². The van der Waals surface area contributed by atoms with Crippen LogP contribution in [0.25, 0.3) is 0 Å². The molecule has 4 heteroatoms. The largest absolute Gasteiger partial charge is 0.379 e. The molecule has 2 unspecified atom stereocenters. The number of hydrogen-bond donors (Lipinski definition) is 0. The Kier molecular flexibility index (Phi) is 4.37. The molecule has 0 N–H and O–H groups in total. The van der Waals surface area contributed by atoms with E-state index in [1.807, 2.05) is 31.2 Å². The molecule has 0 radical (unpaired) electrons. The first-order valence-electron chi connectivity index (χ1n) is 8.03. The van der Waals surface area contributed by atoms with Gasteiger partial charge < -0.3 is 4.74 Å². The number of rotatable bonds is 2. The van der Waals surface area contributed by atoms with Gasteiger partial charge in [0.1, 0.15) is 0 Å². The van der Waals surface area contributed by atoms with E-state index in [4.69, 9.17) is 4.74 Å². The highest BCUT2D eigenvalue weighted by Gasteiger charge is 2.39. The van der Waals surface area contributed by atoms with Crippen molar-refractivity contribution in [3.63, 3.8) is 0 Å². The summed E-state index contributed by atoms with van der Waals surface area (Å²) in [6.45, 7) is 3.22. The summed E-state index contributed by atoms with van der Waals surface area (Å²) in [5.41, 5.74) is 2.61. The molecule has 1 aromatic carbocycles. The normalized spacial score (nSPS) is 27.8. The quantitative estimate of drug-likeness (QED) is 0.589. The van der Waals surface area contributed by atoms with Crippen LogP contribution in [0.2, 0.25) is 0 Å². The summed E-state index contributed by atoms with van der Waals surface area (Å²) in [6.07, 6.45) is 0.292. The average molecular weight is 322 g/mol. The molecular weight excluding hydrogens is 301 g/mol. The highest BCUT2D eigenvalue weighted by Crippen LogP contribution is 2.40. The number of allylic oxidation sites excluding steroid dienone is 2. The van der Waals surface area contributed by atoms with Crippen molar-refractivity contribution in [2.75, 3.05) is 0 Å². The molecule has 1 aliphatic carbocycles. The van der Waals surface area contributed by atoms with Crippen LogP contribution in [-0.2, 0) is 4.74 Å². The van der Waals surface area contributed by atoms with Crippen LogP contribution in [0.5, 0.6) is 0 Å². The average Bonchev–Trinajstić information content (AvgIpc) is 2.53. The van der Waals surface area contributed by atoms with Gasteiger partial charge in [0, 0.05) is 12.0 Å². The summed E-state index contributed by atoms with van der Waals surface area (Å²) >= 11 is 0. The molecule has 1 aromatic rings. The highest BCUT2D eigenvalue weighted by atomic mass is 19.3. The van der Waals surface area contributed by atoms with Crippen molar-refractivity contribution in [2.45, 2.75) is 57.7 Å². The molecule has 0 aromatic heterocycles. The predicted octanol–water partition coefficient (Wildman–Crippen LogP) is 6.20. The lowest BCUT2D eigenvalue weighted by molar-refractivity contribution is -0.243. The fourth-order valence-electron chi connectivity index (χ4n) is 3.21. The van der Waals surface area contributed by atoms with E-state index < -0.39 is 12.2 Å². The van der Waals surface area contributed by atoms with Crippen molar-refractivity contribution >= 4 is 0 Å². The first-order valence-corrected chi connectivity index (χ1v) is 8.03. The number of alkyl halides is 2. The Morgan fingerprint density at radius 3 is 2.35 bits per heavy atom. The van der Waals surface area contributed by atoms with Crippen LogP contribution >= 0.6 is 0 Å². The van der Waals surface area contributed by atoms with E-state index >= 15 is 0 Å². The lowest BCUT2D eigenvalue weighted by atomic mass is 9.84. The SMILES string of the molecule is CC1=CCC(c2ccc(C3CCC(C)=C(F)C3)cc2)OC1(F)F. The summed E-state index contributed by atoms with van der Waals surface area (Å²) < 4.78 is 46.0. The second-order valence-corrected chi connectivity index (χ2v) is 6.54. The Morgan fingerprint density at radius 1 is 1.09 bits per heavy atom. The van der Waals surface area contributed by atoms with E-state index in [0.717, 1.165) is 29.5 Å². The summed E-state index contributed by atoms with van der Waals surface area (Å²) in [7, 11) is 0. The van der Waals surface area contributed by atoms with Crippen molar-refractivity contribution in [1.82, 2.24) is 0 Å². The van der Waals surface area contributed by atoms with Gasteiger partial charge in [0.05, 0.1) is 11.9 Å². The van der Waals surface area contributed by atoms with Crippen molar-refractivity contribution in [3.8, 4) is 0 Å². The van der Waals surface area contributed by atoms with Crippen molar-refractivity contribution in [3.05, 3.63) is 58.4 Å². The lowest BCUT2D eigenvalue weighted by Crippen LogP contribution is -2.28. The minimum atomic E-state index is -3.20. The second-order valence-electron chi connectivity index (χ2n) is 6.54. The fourth-order valence-corrected chi connectivity index (χ4v) is 3.21. The van der Waals surface area contributed by atoms with E-state index in [1.54, 1.807) is 0 Å². The van der Waals surface area contributed by atoms with Gasteiger partial charge in [0.2, 0.25) is 0 Å². The third kappa shape index (κ3) is 3.37. The van der Waals surface area contributed by atoms with Gasteiger partial charge in [-0.05, 0) is 55.7 Å². The molecule has 1 aliphatic heterocycles. The smallest absolute Gasteiger partial charge is 0.308 e. The van der Waals surface area contributed by atoms with Gasteiger partial charge in [-0.1, -0.05) is 30.3 Å². The van der Waals surface area contributed by atoms with Gasteiger partial charge in [-0.2, -0.15) is 8.78 Å². The van der Waals surface area contributed by atoms with Gasteiger partial charge in [-0.25, -0.2) is 4.39 Å². The molecule has 2 atom stereocenters. The Balaban J connectivity index is 1.74. The Morgan fingerprint density at radius 2 is 1.74 bits per heavy atom. The molecule has 2 aliphatic rings. The van der Waals surface area contributed by atoms with Crippen LogP contribution in [0.4, 0.5) is 13.2 Å². The molecular formula is C19H21F3O. The first-order chi connectivity index (χ1) is 10.9. The lowest BCUT2D eigenvalue weighted by Gasteiger charge is -2.29. The van der Waals surface area contributed by atoms with Gasteiger partial charge in [-0.3, -0.25) is 0 Å². The molecule has 0 saturated carbocycles. The Bertz CT molecular complexity index is 643. The highest BCUT2D eigenvalue weighted by molar-refractivity contribution is 5.30. The van der Waals surface area contributed by atoms with Crippen molar-refractivity contribution in [1.29, 1.82) is 0 Å². The maximum absolute atomic E-state index is 13.8. The predicted molar refractivity (Wildman–Crippen MR) is 84.0 cm³/mol. The Labute approximate surface area is 134 Å². The molecule has 1 nitrogen and oxygen atoms in total. The first kappa shape index (κ1) is 16.3. The van der Waals surface area contributed by atoms with Gasteiger partial charge in [0.15, 0.2) is 0 Å². The standard InChI is InChI=1S/C19H21F3O/c1-12-3-5-16(11-17(12)20)14-6-8-15(9-7-14)18-10-4-13(2)19(21,22)23-18/h4,6-9,16,18H,3,5,10-11H2,1-2H3. The molecule has 0 saturated heterocycles. The summed E-state index contributed by atoms with van der Waals surface area (Å²) in [6, 6.07) is 7.49. The summed E-state index contributed by atoms with van der Waals surface area (Å²) in [4.78, 5) is 0. The van der Waals surface area contributed by atoms with Gasteiger partial charge >= 0.3 is 6.11 Å². The van der Waals surface area contributed by atoms with Crippen LogP contribution in [0.15, 0.2) is 47.3 Å². The zero-order valence-electron chi connectivity index (χ0n) is 13.4. The maximum atomic E-state index is 13.8. The number of benzene rings is 1.